The summed E-state index contributed by atoms with van der Waals surface area (Å²) in [5.41, 5.74) is 10.6. The van der Waals surface area contributed by atoms with Crippen LogP contribution in [0.2, 0.25) is 0 Å². The average molecular weight is 402 g/mol. The summed E-state index contributed by atoms with van der Waals surface area (Å²) in [5, 5.41) is 3.98. The number of hydrogen-bond donors (Lipinski definition) is 3. The maximum absolute atomic E-state index is 12.5. The van der Waals surface area contributed by atoms with Gasteiger partial charge in [0.25, 0.3) is 5.91 Å². The van der Waals surface area contributed by atoms with Crippen molar-refractivity contribution in [1.82, 2.24) is 9.97 Å². The minimum Gasteiger partial charge on any atom is -0.446 e. The molecule has 0 fully saturated rings. The first-order chi connectivity index (χ1) is 14.5. The topological polar surface area (TPSA) is 96.9 Å². The van der Waals surface area contributed by atoms with E-state index in [1.807, 2.05) is 48.7 Å². The van der Waals surface area contributed by atoms with Gasteiger partial charge in [0.1, 0.15) is 6.26 Å². The van der Waals surface area contributed by atoms with Crippen LogP contribution in [0.3, 0.4) is 0 Å². The van der Waals surface area contributed by atoms with Gasteiger partial charge >= 0.3 is 0 Å². The molecule has 1 amide bonds. The highest BCUT2D eigenvalue weighted by Crippen LogP contribution is 2.24. The van der Waals surface area contributed by atoms with E-state index in [2.05, 4.69) is 35.2 Å². The number of aromatic amines is 1. The Balaban J connectivity index is 1.42. The van der Waals surface area contributed by atoms with Gasteiger partial charge in [0.05, 0.1) is 6.04 Å². The summed E-state index contributed by atoms with van der Waals surface area (Å²) in [5.74, 6) is 0.518. The minimum absolute atomic E-state index is 0.213. The lowest BCUT2D eigenvalue weighted by Crippen LogP contribution is -2.16. The van der Waals surface area contributed by atoms with Gasteiger partial charge in [-0.2, -0.15) is 0 Å². The molecule has 0 saturated carbocycles. The van der Waals surface area contributed by atoms with E-state index in [-0.39, 0.29) is 11.6 Å². The van der Waals surface area contributed by atoms with E-state index in [1.54, 1.807) is 0 Å². The number of amides is 1. The van der Waals surface area contributed by atoms with Gasteiger partial charge in [0, 0.05) is 22.8 Å². The van der Waals surface area contributed by atoms with Crippen LogP contribution in [0.1, 0.15) is 59.7 Å². The van der Waals surface area contributed by atoms with E-state index in [0.29, 0.717) is 18.2 Å². The van der Waals surface area contributed by atoms with E-state index < -0.39 is 6.04 Å². The lowest BCUT2D eigenvalue weighted by atomic mass is 9.99. The molecule has 4 N–H and O–H groups in total. The van der Waals surface area contributed by atoms with Gasteiger partial charge in [-0.15, -0.1) is 0 Å². The third-order valence-corrected chi connectivity index (χ3v) is 5.54. The van der Waals surface area contributed by atoms with E-state index in [9.17, 15) is 4.79 Å². The molecule has 0 aliphatic carbocycles. The second-order valence-corrected chi connectivity index (χ2v) is 7.63. The number of rotatable bonds is 7. The zero-order valence-corrected chi connectivity index (χ0v) is 17.2. The number of oxazole rings is 1. The fourth-order valence-electron chi connectivity index (χ4n) is 3.51. The number of anilines is 1. The smallest absolute Gasteiger partial charge is 0.277 e. The molecule has 6 heteroatoms. The summed E-state index contributed by atoms with van der Waals surface area (Å²) in [7, 11) is 0. The van der Waals surface area contributed by atoms with Crippen molar-refractivity contribution in [2.75, 3.05) is 5.32 Å². The van der Waals surface area contributed by atoms with Crippen LogP contribution in [-0.4, -0.2) is 15.9 Å². The highest BCUT2D eigenvalue weighted by Gasteiger charge is 2.19. The first-order valence-corrected chi connectivity index (χ1v) is 10.2. The van der Waals surface area contributed by atoms with Crippen LogP contribution in [0.15, 0.2) is 65.4 Å². The zero-order chi connectivity index (χ0) is 21.1. The van der Waals surface area contributed by atoms with Crippen LogP contribution >= 0.6 is 0 Å². The molecule has 4 aromatic rings. The molecule has 0 spiro atoms. The van der Waals surface area contributed by atoms with Crippen LogP contribution in [0.4, 0.5) is 5.69 Å². The molecule has 0 bridgehead atoms. The number of aromatic nitrogens is 2. The van der Waals surface area contributed by atoms with Crippen molar-refractivity contribution in [2.24, 2.45) is 5.73 Å². The molecule has 2 aromatic carbocycles. The van der Waals surface area contributed by atoms with Gasteiger partial charge in [-0.25, -0.2) is 4.98 Å². The largest absolute Gasteiger partial charge is 0.446 e. The molecule has 2 heterocycles. The quantitative estimate of drug-likeness (QED) is 0.397. The molecule has 0 radical (unpaired) electrons. The number of para-hydroxylation sites is 1. The second kappa shape index (κ2) is 8.55. The van der Waals surface area contributed by atoms with Gasteiger partial charge in [-0.05, 0) is 48.1 Å². The van der Waals surface area contributed by atoms with Crippen molar-refractivity contribution in [2.45, 2.75) is 38.6 Å². The lowest BCUT2D eigenvalue weighted by Gasteiger charge is -2.10. The normalized spacial score (nSPS) is 13.3. The maximum atomic E-state index is 12.5. The van der Waals surface area contributed by atoms with Crippen LogP contribution in [-0.2, 0) is 6.42 Å². The minimum atomic E-state index is -0.444. The molecule has 2 atom stereocenters. The summed E-state index contributed by atoms with van der Waals surface area (Å²) in [6.07, 6.45) is 4.94. The first kappa shape index (κ1) is 19.9. The number of nitrogens with two attached hydrogens (primary N) is 1. The van der Waals surface area contributed by atoms with Crippen molar-refractivity contribution in [1.29, 1.82) is 0 Å². The Bertz CT molecular complexity index is 1140. The van der Waals surface area contributed by atoms with Crippen LogP contribution < -0.4 is 11.1 Å². The van der Waals surface area contributed by atoms with Gasteiger partial charge in [0.15, 0.2) is 5.69 Å². The van der Waals surface area contributed by atoms with Gasteiger partial charge < -0.3 is 20.5 Å². The summed E-state index contributed by atoms with van der Waals surface area (Å²) >= 11 is 0. The Morgan fingerprint density at radius 3 is 2.73 bits per heavy atom. The van der Waals surface area contributed by atoms with Crippen molar-refractivity contribution >= 4 is 22.5 Å². The summed E-state index contributed by atoms with van der Waals surface area (Å²) in [6, 6.07) is 15.5. The van der Waals surface area contributed by atoms with E-state index >= 15 is 0 Å². The second-order valence-electron chi connectivity index (χ2n) is 7.63. The number of nitrogens with one attached hydrogen (secondary N) is 2. The molecule has 0 aliphatic heterocycles. The van der Waals surface area contributed by atoms with Crippen LogP contribution in [0.5, 0.6) is 0 Å². The van der Waals surface area contributed by atoms with Crippen molar-refractivity contribution in [3.63, 3.8) is 0 Å². The highest BCUT2D eigenvalue weighted by atomic mass is 16.3. The van der Waals surface area contributed by atoms with E-state index in [4.69, 9.17) is 10.2 Å². The van der Waals surface area contributed by atoms with Gasteiger partial charge in [0.2, 0.25) is 5.89 Å². The number of fused-ring (bicyclic) bond motifs is 1. The zero-order valence-electron chi connectivity index (χ0n) is 17.2. The Morgan fingerprint density at radius 2 is 1.97 bits per heavy atom. The number of H-pyrrole nitrogens is 1. The maximum Gasteiger partial charge on any atom is 0.277 e. The molecule has 4 rings (SSSR count). The molecule has 0 aliphatic rings. The lowest BCUT2D eigenvalue weighted by molar-refractivity contribution is 0.102. The molecule has 30 heavy (non-hydrogen) atoms. The predicted octanol–water partition coefficient (Wildman–Crippen LogP) is 5.16. The fraction of sp³-hybridized carbons (Fsp3) is 0.250. The first-order valence-electron chi connectivity index (χ1n) is 10.2. The molecular weight excluding hydrogens is 376 g/mol. The Morgan fingerprint density at radius 1 is 1.20 bits per heavy atom. The molecule has 6 nitrogen and oxygen atoms in total. The predicted molar refractivity (Wildman–Crippen MR) is 119 cm³/mol. The van der Waals surface area contributed by atoms with Crippen LogP contribution in [0, 0.1) is 0 Å². The van der Waals surface area contributed by atoms with Crippen molar-refractivity contribution in [3.05, 3.63) is 83.7 Å². The van der Waals surface area contributed by atoms with Crippen molar-refractivity contribution < 1.29 is 9.21 Å². The molecule has 0 saturated heterocycles. The average Bonchev–Trinajstić information content (AvgIpc) is 3.42. The Hall–Kier alpha value is -3.38. The number of hydrogen-bond acceptors (Lipinski definition) is 4. The Labute approximate surface area is 175 Å². The number of carbonyl (C=O) groups is 1. The highest BCUT2D eigenvalue weighted by molar-refractivity contribution is 6.02. The SMILES string of the molecule is CCC(C)c1ccc(NC(=O)c2coc(C(N)Cc3c[nH]c4ccccc34)n2)cc1. The monoisotopic (exact) mass is 402 g/mol. The number of carbonyl (C=O) groups excluding carboxylic acids is 1. The molecular formula is C24H26N4O2. The van der Waals surface area contributed by atoms with Crippen molar-refractivity contribution in [3.8, 4) is 0 Å². The van der Waals surface area contributed by atoms with Gasteiger partial charge in [-0.3, -0.25) is 4.79 Å². The summed E-state index contributed by atoms with van der Waals surface area (Å²) in [4.78, 5) is 20.1. The number of nitrogens with zero attached hydrogens (tertiary/aromatic N) is 1. The van der Waals surface area contributed by atoms with Crippen LogP contribution in [0.25, 0.3) is 10.9 Å². The third-order valence-electron chi connectivity index (χ3n) is 5.54. The standard InChI is InChI=1S/C24H26N4O2/c1-3-15(2)16-8-10-18(11-9-16)27-23(29)22-14-30-24(28-22)20(25)12-17-13-26-21-7-5-4-6-19(17)21/h4-11,13-15,20,26H,3,12,25H2,1-2H3,(H,27,29). The van der Waals surface area contributed by atoms with Gasteiger partial charge in [-0.1, -0.05) is 44.2 Å². The van der Waals surface area contributed by atoms with E-state index in [1.165, 1.54) is 11.8 Å². The fourth-order valence-corrected chi connectivity index (χ4v) is 3.51. The summed E-state index contributed by atoms with van der Waals surface area (Å²) < 4.78 is 5.50. The number of benzene rings is 2. The summed E-state index contributed by atoms with van der Waals surface area (Å²) in [6.45, 7) is 4.34. The Kier molecular flexibility index (Phi) is 5.68. The van der Waals surface area contributed by atoms with E-state index in [0.717, 1.165) is 28.6 Å². The molecule has 154 valence electrons. The molecule has 2 aromatic heterocycles. The third kappa shape index (κ3) is 4.14. The molecule has 2 unspecified atom stereocenters.